The Kier molecular flexibility index (Phi) is 7.54. The lowest BCUT2D eigenvalue weighted by Crippen LogP contribution is -2.22. The van der Waals surface area contributed by atoms with Gasteiger partial charge in [0.2, 0.25) is 5.91 Å². The lowest BCUT2D eigenvalue weighted by atomic mass is 10.2. The van der Waals surface area contributed by atoms with Crippen molar-refractivity contribution in [1.82, 2.24) is 0 Å². The van der Waals surface area contributed by atoms with Crippen molar-refractivity contribution in [1.29, 1.82) is 0 Å². The van der Waals surface area contributed by atoms with Crippen molar-refractivity contribution >= 4 is 39.0 Å². The smallest absolute Gasteiger partial charge is 0.339 e. The average molecular weight is 434 g/mol. The van der Waals surface area contributed by atoms with Gasteiger partial charge in [0.1, 0.15) is 5.75 Å². The van der Waals surface area contributed by atoms with Gasteiger partial charge >= 0.3 is 5.97 Å². The molecule has 2 N–H and O–H groups in total. The standard InChI is InChI=1S/C20H22N2O7S/c1-4-30(26,27)18-8-6-5-7-15(18)20(25)29-12-19(24)22-16-11-14(21-13(2)23)9-10-17(16)28-3/h5-11H,4,12H2,1-3H3,(H,21,23)(H,22,24). The Bertz CT molecular complexity index is 1060. The Morgan fingerprint density at radius 3 is 2.37 bits per heavy atom. The molecule has 0 aliphatic rings. The van der Waals surface area contributed by atoms with Gasteiger partial charge in [-0.2, -0.15) is 0 Å². The third-order valence-electron chi connectivity index (χ3n) is 3.95. The molecule has 0 bridgehead atoms. The number of anilines is 2. The summed E-state index contributed by atoms with van der Waals surface area (Å²) in [6, 6.07) is 10.3. The molecule has 0 atom stereocenters. The van der Waals surface area contributed by atoms with Crippen LogP contribution in [0.4, 0.5) is 11.4 Å². The van der Waals surface area contributed by atoms with Crippen LogP contribution in [0.15, 0.2) is 47.4 Å². The second-order valence-electron chi connectivity index (χ2n) is 6.12. The molecule has 160 valence electrons. The molecular formula is C20H22N2O7S. The highest BCUT2D eigenvalue weighted by molar-refractivity contribution is 7.91. The van der Waals surface area contributed by atoms with Gasteiger partial charge in [0.05, 0.1) is 29.0 Å². The molecular weight excluding hydrogens is 412 g/mol. The monoisotopic (exact) mass is 434 g/mol. The molecule has 0 saturated heterocycles. The van der Waals surface area contributed by atoms with E-state index in [0.717, 1.165) is 0 Å². The maximum Gasteiger partial charge on any atom is 0.339 e. The molecule has 0 aliphatic heterocycles. The fourth-order valence-electron chi connectivity index (χ4n) is 2.54. The SMILES string of the molecule is CCS(=O)(=O)c1ccccc1C(=O)OCC(=O)Nc1cc(NC(C)=O)ccc1OC. The molecule has 0 unspecified atom stereocenters. The largest absolute Gasteiger partial charge is 0.495 e. The van der Waals surface area contributed by atoms with Gasteiger partial charge in [-0.3, -0.25) is 9.59 Å². The summed E-state index contributed by atoms with van der Waals surface area (Å²) in [7, 11) is -2.23. The van der Waals surface area contributed by atoms with Crippen LogP contribution in [0.2, 0.25) is 0 Å². The van der Waals surface area contributed by atoms with Crippen molar-refractivity contribution < 1.29 is 32.3 Å². The number of sulfone groups is 1. The number of hydrogen-bond acceptors (Lipinski definition) is 7. The highest BCUT2D eigenvalue weighted by Crippen LogP contribution is 2.28. The number of carbonyl (C=O) groups is 3. The quantitative estimate of drug-likeness (QED) is 0.610. The van der Waals surface area contributed by atoms with Crippen LogP contribution in [0.3, 0.4) is 0 Å². The molecule has 10 heteroatoms. The second-order valence-corrected chi connectivity index (χ2v) is 8.37. The van der Waals surface area contributed by atoms with Gasteiger partial charge in [0.15, 0.2) is 16.4 Å². The zero-order chi connectivity index (χ0) is 22.3. The maximum atomic E-state index is 12.3. The summed E-state index contributed by atoms with van der Waals surface area (Å²) >= 11 is 0. The first-order valence-corrected chi connectivity index (χ1v) is 10.6. The Balaban J connectivity index is 2.11. The molecule has 0 spiro atoms. The second kappa shape index (κ2) is 9.88. The third-order valence-corrected chi connectivity index (χ3v) is 5.74. The van der Waals surface area contributed by atoms with E-state index in [2.05, 4.69) is 10.6 Å². The summed E-state index contributed by atoms with van der Waals surface area (Å²) in [6.45, 7) is 2.17. The highest BCUT2D eigenvalue weighted by Gasteiger charge is 2.22. The lowest BCUT2D eigenvalue weighted by Gasteiger charge is -2.13. The molecule has 0 saturated carbocycles. The average Bonchev–Trinajstić information content (AvgIpc) is 2.71. The number of amides is 2. The zero-order valence-corrected chi connectivity index (χ0v) is 17.5. The van der Waals surface area contributed by atoms with Crippen LogP contribution < -0.4 is 15.4 Å². The molecule has 30 heavy (non-hydrogen) atoms. The summed E-state index contributed by atoms with van der Waals surface area (Å²) in [4.78, 5) is 35.6. The van der Waals surface area contributed by atoms with E-state index in [1.54, 1.807) is 12.1 Å². The van der Waals surface area contributed by atoms with Crippen LogP contribution in [0.5, 0.6) is 5.75 Å². The fourth-order valence-corrected chi connectivity index (χ4v) is 3.63. The van der Waals surface area contributed by atoms with E-state index in [4.69, 9.17) is 9.47 Å². The Hall–Kier alpha value is -3.40. The Labute approximate surface area is 174 Å². The van der Waals surface area contributed by atoms with E-state index in [-0.39, 0.29) is 27.8 Å². The van der Waals surface area contributed by atoms with Gasteiger partial charge in [0.25, 0.3) is 5.91 Å². The number of esters is 1. The molecule has 9 nitrogen and oxygen atoms in total. The molecule has 2 amide bonds. The number of ether oxygens (including phenoxy) is 2. The third kappa shape index (κ3) is 5.80. The van der Waals surface area contributed by atoms with E-state index in [1.807, 2.05) is 0 Å². The predicted octanol–water partition coefficient (Wildman–Crippen LogP) is 2.24. The normalized spacial score (nSPS) is 10.8. The number of benzene rings is 2. The first-order valence-electron chi connectivity index (χ1n) is 8.92. The summed E-state index contributed by atoms with van der Waals surface area (Å²) < 4.78 is 34.5. The van der Waals surface area contributed by atoms with Crippen molar-refractivity contribution in [2.75, 3.05) is 30.1 Å². The summed E-state index contributed by atoms with van der Waals surface area (Å²) in [5, 5.41) is 5.11. The predicted molar refractivity (Wildman–Crippen MR) is 110 cm³/mol. The maximum absolute atomic E-state index is 12.3. The summed E-state index contributed by atoms with van der Waals surface area (Å²) in [5.41, 5.74) is 0.561. The molecule has 0 heterocycles. The lowest BCUT2D eigenvalue weighted by molar-refractivity contribution is -0.119. The molecule has 2 aromatic carbocycles. The number of nitrogens with one attached hydrogen (secondary N) is 2. The van der Waals surface area contributed by atoms with Gasteiger partial charge in [-0.1, -0.05) is 19.1 Å². The van der Waals surface area contributed by atoms with Crippen LogP contribution in [0.25, 0.3) is 0 Å². The molecule has 0 aromatic heterocycles. The van der Waals surface area contributed by atoms with Crippen LogP contribution >= 0.6 is 0 Å². The van der Waals surface area contributed by atoms with E-state index in [9.17, 15) is 22.8 Å². The van der Waals surface area contributed by atoms with Crippen molar-refractivity contribution in [2.45, 2.75) is 18.7 Å². The van der Waals surface area contributed by atoms with Gasteiger partial charge in [-0.15, -0.1) is 0 Å². The number of carbonyl (C=O) groups excluding carboxylic acids is 3. The topological polar surface area (TPSA) is 128 Å². The van der Waals surface area contributed by atoms with Gasteiger partial charge < -0.3 is 20.1 Å². The van der Waals surface area contributed by atoms with Crippen molar-refractivity contribution in [2.24, 2.45) is 0 Å². The van der Waals surface area contributed by atoms with Gasteiger partial charge in [-0.25, -0.2) is 13.2 Å². The first-order chi connectivity index (χ1) is 14.2. The van der Waals surface area contributed by atoms with Crippen LogP contribution in [-0.4, -0.2) is 45.7 Å². The van der Waals surface area contributed by atoms with Gasteiger partial charge in [-0.05, 0) is 30.3 Å². The zero-order valence-electron chi connectivity index (χ0n) is 16.7. The first kappa shape index (κ1) is 22.9. The number of hydrogen-bond donors (Lipinski definition) is 2. The van der Waals surface area contributed by atoms with E-state index < -0.39 is 28.3 Å². The van der Waals surface area contributed by atoms with Crippen LogP contribution in [0.1, 0.15) is 24.2 Å². The Morgan fingerprint density at radius 1 is 1.03 bits per heavy atom. The van der Waals surface area contributed by atoms with E-state index in [1.165, 1.54) is 51.3 Å². The minimum atomic E-state index is -3.64. The Morgan fingerprint density at radius 2 is 1.73 bits per heavy atom. The van der Waals surface area contributed by atoms with Crippen LogP contribution in [-0.2, 0) is 24.2 Å². The van der Waals surface area contributed by atoms with Crippen LogP contribution in [0, 0.1) is 0 Å². The van der Waals surface area contributed by atoms with E-state index >= 15 is 0 Å². The van der Waals surface area contributed by atoms with Crippen molar-refractivity contribution in [3.8, 4) is 5.75 Å². The number of methoxy groups -OCH3 is 1. The van der Waals surface area contributed by atoms with Crippen molar-refractivity contribution in [3.63, 3.8) is 0 Å². The minimum Gasteiger partial charge on any atom is -0.495 e. The molecule has 0 radical (unpaired) electrons. The molecule has 0 fully saturated rings. The highest BCUT2D eigenvalue weighted by atomic mass is 32.2. The summed E-state index contributed by atoms with van der Waals surface area (Å²) in [5.74, 6) is -1.73. The minimum absolute atomic E-state index is 0.141. The number of rotatable bonds is 8. The fraction of sp³-hybridized carbons (Fsp3) is 0.250. The van der Waals surface area contributed by atoms with E-state index in [0.29, 0.717) is 11.4 Å². The summed E-state index contributed by atoms with van der Waals surface area (Å²) in [6.07, 6.45) is 0. The molecule has 2 rings (SSSR count). The van der Waals surface area contributed by atoms with Crippen molar-refractivity contribution in [3.05, 3.63) is 48.0 Å². The molecule has 2 aromatic rings. The van der Waals surface area contributed by atoms with Gasteiger partial charge in [0, 0.05) is 12.6 Å². The molecule has 0 aliphatic carbocycles.